The number of hydrogen-bond acceptors (Lipinski definition) is 3. The van der Waals surface area contributed by atoms with Gasteiger partial charge in [0.2, 0.25) is 5.91 Å². The fraction of sp³-hybridized carbons (Fsp3) is 0.417. The summed E-state index contributed by atoms with van der Waals surface area (Å²) in [6, 6.07) is 12.8. The van der Waals surface area contributed by atoms with Gasteiger partial charge in [0, 0.05) is 17.5 Å². The first-order chi connectivity index (χ1) is 14.2. The van der Waals surface area contributed by atoms with Gasteiger partial charge in [-0.1, -0.05) is 24.6 Å². The van der Waals surface area contributed by atoms with Crippen LogP contribution in [0.4, 0.5) is 15.8 Å². The van der Waals surface area contributed by atoms with Gasteiger partial charge in [0.1, 0.15) is 11.7 Å². The molecule has 4 nitrogen and oxygen atoms in total. The fourth-order valence-corrected chi connectivity index (χ4v) is 4.20. The topological polar surface area (TPSA) is 44.7 Å². The Hall–Kier alpha value is -2.53. The molecular formula is C24H28FN3O. The Bertz CT molecular complexity index is 872. The van der Waals surface area contributed by atoms with E-state index in [9.17, 15) is 9.18 Å². The summed E-state index contributed by atoms with van der Waals surface area (Å²) in [5.41, 5.74) is 3.00. The SMILES string of the molecule is O=C1Nc2cccc(F)c2C1C=Nc1ccc(CCCCN2CCCCC2)cc1. The van der Waals surface area contributed by atoms with Crippen molar-refractivity contribution in [1.29, 1.82) is 0 Å². The maximum Gasteiger partial charge on any atom is 0.237 e. The van der Waals surface area contributed by atoms with E-state index < -0.39 is 5.92 Å². The van der Waals surface area contributed by atoms with E-state index in [1.54, 1.807) is 12.1 Å². The summed E-state index contributed by atoms with van der Waals surface area (Å²) < 4.78 is 14.1. The van der Waals surface area contributed by atoms with Gasteiger partial charge in [-0.15, -0.1) is 0 Å². The third-order valence-corrected chi connectivity index (χ3v) is 5.85. The molecule has 0 bridgehead atoms. The van der Waals surface area contributed by atoms with E-state index in [1.807, 2.05) is 12.1 Å². The van der Waals surface area contributed by atoms with Gasteiger partial charge < -0.3 is 10.2 Å². The Morgan fingerprint density at radius 2 is 1.86 bits per heavy atom. The minimum atomic E-state index is -0.680. The largest absolute Gasteiger partial charge is 0.325 e. The van der Waals surface area contributed by atoms with Crippen LogP contribution in [0.15, 0.2) is 47.5 Å². The summed E-state index contributed by atoms with van der Waals surface area (Å²) in [6.07, 6.45) is 9.13. The average molecular weight is 394 g/mol. The zero-order chi connectivity index (χ0) is 20.1. The number of carbonyl (C=O) groups is 1. The third-order valence-electron chi connectivity index (χ3n) is 5.85. The number of halogens is 1. The molecule has 1 amide bonds. The minimum absolute atomic E-state index is 0.237. The predicted octanol–water partition coefficient (Wildman–Crippen LogP) is 5.07. The molecule has 4 rings (SSSR count). The molecule has 152 valence electrons. The summed E-state index contributed by atoms with van der Waals surface area (Å²) in [6.45, 7) is 3.74. The molecule has 2 aromatic rings. The quantitative estimate of drug-likeness (QED) is 0.527. The van der Waals surface area contributed by atoms with Crippen molar-refractivity contribution in [3.63, 3.8) is 0 Å². The molecule has 5 heteroatoms. The molecule has 2 aliphatic heterocycles. The van der Waals surface area contributed by atoms with E-state index in [4.69, 9.17) is 0 Å². The molecule has 1 atom stereocenters. The summed E-state index contributed by atoms with van der Waals surface area (Å²) >= 11 is 0. The lowest BCUT2D eigenvalue weighted by molar-refractivity contribution is -0.115. The number of carbonyl (C=O) groups excluding carboxylic acids is 1. The molecule has 2 aromatic carbocycles. The Labute approximate surface area is 171 Å². The van der Waals surface area contributed by atoms with Gasteiger partial charge in [0.15, 0.2) is 0 Å². The van der Waals surface area contributed by atoms with Crippen LogP contribution in [0.2, 0.25) is 0 Å². The second kappa shape index (κ2) is 9.31. The molecular weight excluding hydrogens is 365 g/mol. The molecule has 1 fully saturated rings. The van der Waals surface area contributed by atoms with Crippen LogP contribution in [0, 0.1) is 5.82 Å². The first-order valence-electron chi connectivity index (χ1n) is 10.7. The minimum Gasteiger partial charge on any atom is -0.325 e. The smallest absolute Gasteiger partial charge is 0.237 e. The van der Waals surface area contributed by atoms with Crippen LogP contribution in [0.1, 0.15) is 49.1 Å². The molecule has 2 aliphatic rings. The van der Waals surface area contributed by atoms with E-state index in [2.05, 4.69) is 27.3 Å². The Morgan fingerprint density at radius 3 is 2.66 bits per heavy atom. The number of hydrogen-bond donors (Lipinski definition) is 1. The van der Waals surface area contributed by atoms with Crippen molar-refractivity contribution < 1.29 is 9.18 Å². The molecule has 1 N–H and O–H groups in total. The van der Waals surface area contributed by atoms with Crippen LogP contribution in [-0.2, 0) is 11.2 Å². The number of aliphatic imine (C=N–C) groups is 1. The van der Waals surface area contributed by atoms with Crippen LogP contribution in [-0.4, -0.2) is 36.7 Å². The highest BCUT2D eigenvalue weighted by atomic mass is 19.1. The van der Waals surface area contributed by atoms with Gasteiger partial charge in [-0.3, -0.25) is 9.79 Å². The Kier molecular flexibility index (Phi) is 6.35. The lowest BCUT2D eigenvalue weighted by Crippen LogP contribution is -2.30. The molecule has 0 aliphatic carbocycles. The number of nitrogens with one attached hydrogen (secondary N) is 1. The molecule has 0 spiro atoms. The number of piperidine rings is 1. The highest BCUT2D eigenvalue weighted by molar-refractivity contribution is 6.12. The van der Waals surface area contributed by atoms with Crippen molar-refractivity contribution in [3.05, 3.63) is 59.4 Å². The van der Waals surface area contributed by atoms with Gasteiger partial charge in [-0.05, 0) is 81.6 Å². The number of rotatable bonds is 7. The van der Waals surface area contributed by atoms with Crippen LogP contribution in [0.25, 0.3) is 0 Å². The van der Waals surface area contributed by atoms with E-state index in [1.165, 1.54) is 69.6 Å². The van der Waals surface area contributed by atoms with E-state index >= 15 is 0 Å². The Balaban J connectivity index is 1.29. The number of aryl methyl sites for hydroxylation is 1. The highest BCUT2D eigenvalue weighted by Crippen LogP contribution is 2.33. The van der Waals surface area contributed by atoms with Gasteiger partial charge >= 0.3 is 0 Å². The van der Waals surface area contributed by atoms with Crippen molar-refractivity contribution in [2.45, 2.75) is 44.4 Å². The number of anilines is 1. The predicted molar refractivity (Wildman–Crippen MR) is 116 cm³/mol. The van der Waals surface area contributed by atoms with Crippen molar-refractivity contribution in [1.82, 2.24) is 4.90 Å². The summed E-state index contributed by atoms with van der Waals surface area (Å²) in [5.74, 6) is -1.29. The molecule has 1 unspecified atom stereocenters. The molecule has 0 aromatic heterocycles. The van der Waals surface area contributed by atoms with Crippen molar-refractivity contribution >= 4 is 23.5 Å². The first kappa shape index (κ1) is 19.8. The number of nitrogens with zero attached hydrogens (tertiary/aromatic N) is 2. The van der Waals surface area contributed by atoms with Gasteiger partial charge in [-0.2, -0.15) is 0 Å². The lowest BCUT2D eigenvalue weighted by atomic mass is 10.0. The zero-order valence-electron chi connectivity index (χ0n) is 16.7. The number of amides is 1. The Morgan fingerprint density at radius 1 is 1.07 bits per heavy atom. The standard InChI is InChI=1S/C24H28FN3O/c25-21-8-6-9-22-23(21)20(24(29)27-22)17-26-19-12-10-18(11-13-19)7-2-5-16-28-14-3-1-4-15-28/h6,8-13,17,20H,1-5,7,14-16H2,(H,27,29). The maximum absolute atomic E-state index is 14.1. The second-order valence-corrected chi connectivity index (χ2v) is 7.97. The number of benzene rings is 2. The summed E-state index contributed by atoms with van der Waals surface area (Å²) in [4.78, 5) is 19.2. The monoisotopic (exact) mass is 393 g/mol. The van der Waals surface area contributed by atoms with Gasteiger partial charge in [0.05, 0.1) is 5.69 Å². The molecule has 0 saturated carbocycles. The highest BCUT2D eigenvalue weighted by Gasteiger charge is 2.31. The number of fused-ring (bicyclic) bond motifs is 1. The summed E-state index contributed by atoms with van der Waals surface area (Å²) in [7, 11) is 0. The van der Waals surface area contributed by atoms with Crippen molar-refractivity contribution in [2.24, 2.45) is 4.99 Å². The number of likely N-dealkylation sites (tertiary alicyclic amines) is 1. The van der Waals surface area contributed by atoms with Gasteiger partial charge in [-0.25, -0.2) is 4.39 Å². The molecule has 0 radical (unpaired) electrons. The normalized spacial score (nSPS) is 19.5. The van der Waals surface area contributed by atoms with E-state index in [0.29, 0.717) is 11.3 Å². The first-order valence-corrected chi connectivity index (χ1v) is 10.7. The molecule has 2 heterocycles. The maximum atomic E-state index is 14.1. The third kappa shape index (κ3) is 4.91. The summed E-state index contributed by atoms with van der Waals surface area (Å²) in [5, 5.41) is 2.71. The van der Waals surface area contributed by atoms with Crippen LogP contribution in [0.5, 0.6) is 0 Å². The zero-order valence-corrected chi connectivity index (χ0v) is 16.7. The van der Waals surface area contributed by atoms with Crippen molar-refractivity contribution in [3.8, 4) is 0 Å². The molecule has 29 heavy (non-hydrogen) atoms. The molecule has 1 saturated heterocycles. The van der Waals surface area contributed by atoms with Crippen LogP contribution >= 0.6 is 0 Å². The average Bonchev–Trinajstić information content (AvgIpc) is 3.07. The van der Waals surface area contributed by atoms with Crippen LogP contribution in [0.3, 0.4) is 0 Å². The lowest BCUT2D eigenvalue weighted by Gasteiger charge is -2.26. The second-order valence-electron chi connectivity index (χ2n) is 7.97. The van der Waals surface area contributed by atoms with Crippen molar-refractivity contribution in [2.75, 3.05) is 25.0 Å². The van der Waals surface area contributed by atoms with E-state index in [-0.39, 0.29) is 11.7 Å². The van der Waals surface area contributed by atoms with Gasteiger partial charge in [0.25, 0.3) is 0 Å². The van der Waals surface area contributed by atoms with Crippen LogP contribution < -0.4 is 5.32 Å². The van der Waals surface area contributed by atoms with E-state index in [0.717, 1.165) is 12.1 Å². The fourth-order valence-electron chi connectivity index (χ4n) is 4.20. The number of unbranched alkanes of at least 4 members (excludes halogenated alkanes) is 1.